The number of aromatic nitrogens is 2. The van der Waals surface area contributed by atoms with Crippen molar-refractivity contribution < 1.29 is 18.0 Å². The molecule has 1 aromatic carbocycles. The van der Waals surface area contributed by atoms with Gasteiger partial charge in [0.2, 0.25) is 0 Å². The number of alkyl halides is 3. The number of rotatable bonds is 4. The molecule has 0 atom stereocenters. The molecule has 1 aliphatic carbocycles. The Morgan fingerprint density at radius 2 is 1.74 bits per heavy atom. The molecule has 1 amide bonds. The van der Waals surface area contributed by atoms with Crippen LogP contribution in [0.25, 0.3) is 5.65 Å². The number of carbonyl (C=O) groups excluding carboxylic acids is 1. The Morgan fingerprint density at radius 3 is 2.39 bits per heavy atom. The predicted octanol–water partition coefficient (Wildman–Crippen LogP) is 4.38. The molecule has 0 bridgehead atoms. The summed E-state index contributed by atoms with van der Waals surface area (Å²) >= 11 is 0. The van der Waals surface area contributed by atoms with Crippen molar-refractivity contribution in [3.8, 4) is 6.07 Å². The zero-order chi connectivity index (χ0) is 22.0. The first kappa shape index (κ1) is 20.7. The van der Waals surface area contributed by atoms with Gasteiger partial charge in [0.1, 0.15) is 11.5 Å². The number of imidazole rings is 1. The summed E-state index contributed by atoms with van der Waals surface area (Å²) in [7, 11) is 0. The monoisotopic (exact) mass is 427 g/mol. The van der Waals surface area contributed by atoms with Gasteiger partial charge in [-0.15, -0.1) is 0 Å². The van der Waals surface area contributed by atoms with Gasteiger partial charge >= 0.3 is 6.18 Å². The molecule has 0 saturated heterocycles. The lowest BCUT2D eigenvalue weighted by atomic mass is 9.91. The van der Waals surface area contributed by atoms with E-state index in [0.717, 1.165) is 31.9 Å². The number of benzene rings is 1. The summed E-state index contributed by atoms with van der Waals surface area (Å²) < 4.78 is 40.4. The van der Waals surface area contributed by atoms with Gasteiger partial charge in [0, 0.05) is 23.8 Å². The molecule has 9 heteroatoms. The number of nitriles is 1. The molecule has 2 N–H and O–H groups in total. The highest BCUT2D eigenvalue weighted by Crippen LogP contribution is 2.30. The van der Waals surface area contributed by atoms with Gasteiger partial charge < -0.3 is 10.6 Å². The van der Waals surface area contributed by atoms with E-state index in [1.165, 1.54) is 10.5 Å². The maximum atomic E-state index is 13.0. The number of nitrogens with one attached hydrogen (secondary N) is 2. The van der Waals surface area contributed by atoms with Crippen LogP contribution in [0, 0.1) is 11.3 Å². The molecule has 31 heavy (non-hydrogen) atoms. The normalized spacial score (nSPS) is 19.0. The molecule has 1 fully saturated rings. The molecule has 0 aliphatic heterocycles. The average Bonchev–Trinajstić information content (AvgIpc) is 3.21. The minimum atomic E-state index is -4.49. The molecule has 2 aromatic heterocycles. The van der Waals surface area contributed by atoms with Gasteiger partial charge in [0.15, 0.2) is 5.69 Å². The van der Waals surface area contributed by atoms with E-state index in [0.29, 0.717) is 16.9 Å². The minimum Gasteiger partial charge on any atom is -0.368 e. The van der Waals surface area contributed by atoms with E-state index >= 15 is 0 Å². The van der Waals surface area contributed by atoms with Crippen LogP contribution in [0.3, 0.4) is 0 Å². The van der Waals surface area contributed by atoms with E-state index in [1.807, 2.05) is 6.07 Å². The first-order valence-electron chi connectivity index (χ1n) is 9.96. The van der Waals surface area contributed by atoms with Crippen molar-refractivity contribution in [2.24, 2.45) is 0 Å². The van der Waals surface area contributed by atoms with Crippen molar-refractivity contribution in [1.29, 1.82) is 5.26 Å². The Bertz CT molecular complexity index is 1120. The molecule has 160 valence electrons. The van der Waals surface area contributed by atoms with Crippen molar-refractivity contribution in [2.75, 3.05) is 5.32 Å². The summed E-state index contributed by atoms with van der Waals surface area (Å²) in [6.07, 6.45) is -0.429. The molecule has 0 unspecified atom stereocenters. The summed E-state index contributed by atoms with van der Waals surface area (Å²) in [5, 5.41) is 15.2. The summed E-state index contributed by atoms with van der Waals surface area (Å²) in [6.45, 7) is 0. The standard InChI is InChI=1S/C22H20F3N5O/c23-22(24,25)18-13-30-19(2-1-3-20(30)29-18)27-16-8-10-17(11-9-16)28-21(31)15-6-4-14(12-26)5-7-15/h1-7,13,16-17,27H,8-11H2,(H,28,31)/t16-,17+. The zero-order valence-electron chi connectivity index (χ0n) is 16.5. The van der Waals surface area contributed by atoms with E-state index < -0.39 is 11.9 Å². The minimum absolute atomic E-state index is 0.0297. The predicted molar refractivity (Wildman–Crippen MR) is 108 cm³/mol. The van der Waals surface area contributed by atoms with Crippen LogP contribution in [0.2, 0.25) is 0 Å². The van der Waals surface area contributed by atoms with Crippen LogP contribution < -0.4 is 10.6 Å². The number of carbonyl (C=O) groups is 1. The van der Waals surface area contributed by atoms with Gasteiger partial charge in [-0.25, -0.2) is 4.98 Å². The van der Waals surface area contributed by atoms with E-state index in [-0.39, 0.29) is 23.6 Å². The van der Waals surface area contributed by atoms with Crippen LogP contribution in [0.5, 0.6) is 0 Å². The number of fused-ring (bicyclic) bond motifs is 1. The molecule has 6 nitrogen and oxygen atoms in total. The SMILES string of the molecule is N#Cc1ccc(C(=O)N[C@H]2CC[C@@H](Nc3cccc4nc(C(F)(F)F)cn34)CC2)cc1. The second-order valence-corrected chi connectivity index (χ2v) is 7.62. The van der Waals surface area contributed by atoms with Gasteiger partial charge in [0.05, 0.1) is 11.6 Å². The summed E-state index contributed by atoms with van der Waals surface area (Å²) in [5.74, 6) is 0.384. The Balaban J connectivity index is 1.35. The van der Waals surface area contributed by atoms with Crippen molar-refractivity contribution in [2.45, 2.75) is 43.9 Å². The number of pyridine rings is 1. The number of hydrogen-bond acceptors (Lipinski definition) is 4. The van der Waals surface area contributed by atoms with Gasteiger partial charge in [-0.1, -0.05) is 6.07 Å². The van der Waals surface area contributed by atoms with Crippen LogP contribution in [0.4, 0.5) is 19.0 Å². The molecule has 0 radical (unpaired) electrons. The lowest BCUT2D eigenvalue weighted by molar-refractivity contribution is -0.140. The number of nitrogens with zero attached hydrogens (tertiary/aromatic N) is 3. The van der Waals surface area contributed by atoms with E-state index in [9.17, 15) is 18.0 Å². The highest BCUT2D eigenvalue weighted by atomic mass is 19.4. The van der Waals surface area contributed by atoms with E-state index in [2.05, 4.69) is 15.6 Å². The van der Waals surface area contributed by atoms with Crippen LogP contribution in [-0.2, 0) is 6.18 Å². The summed E-state index contributed by atoms with van der Waals surface area (Å²) in [4.78, 5) is 16.1. The lowest BCUT2D eigenvalue weighted by Crippen LogP contribution is -2.40. The number of anilines is 1. The van der Waals surface area contributed by atoms with Gasteiger partial charge in [0.25, 0.3) is 5.91 Å². The zero-order valence-corrected chi connectivity index (χ0v) is 16.5. The fourth-order valence-electron chi connectivity index (χ4n) is 3.82. The Labute approximate surface area is 176 Å². The van der Waals surface area contributed by atoms with Gasteiger partial charge in [-0.2, -0.15) is 18.4 Å². The molecule has 3 aromatic rings. The van der Waals surface area contributed by atoms with Crippen molar-refractivity contribution in [3.05, 3.63) is 65.5 Å². The Kier molecular flexibility index (Phi) is 5.55. The second-order valence-electron chi connectivity index (χ2n) is 7.62. The van der Waals surface area contributed by atoms with Crippen molar-refractivity contribution in [1.82, 2.24) is 14.7 Å². The topological polar surface area (TPSA) is 82.2 Å². The molecule has 1 saturated carbocycles. The maximum absolute atomic E-state index is 13.0. The quantitative estimate of drug-likeness (QED) is 0.648. The van der Waals surface area contributed by atoms with Crippen LogP contribution in [0.1, 0.15) is 47.3 Å². The first-order valence-corrected chi connectivity index (χ1v) is 9.96. The van der Waals surface area contributed by atoms with Crippen LogP contribution >= 0.6 is 0 Å². The van der Waals surface area contributed by atoms with Gasteiger partial charge in [-0.05, 0) is 62.1 Å². The lowest BCUT2D eigenvalue weighted by Gasteiger charge is -2.30. The maximum Gasteiger partial charge on any atom is 0.434 e. The number of hydrogen-bond donors (Lipinski definition) is 2. The third kappa shape index (κ3) is 4.63. The van der Waals surface area contributed by atoms with Gasteiger partial charge in [-0.3, -0.25) is 9.20 Å². The third-order valence-corrected chi connectivity index (χ3v) is 5.47. The Hall–Kier alpha value is -3.54. The van der Waals surface area contributed by atoms with Crippen LogP contribution in [0.15, 0.2) is 48.7 Å². The highest BCUT2D eigenvalue weighted by molar-refractivity contribution is 5.94. The van der Waals surface area contributed by atoms with Crippen molar-refractivity contribution in [3.63, 3.8) is 0 Å². The molecule has 4 rings (SSSR count). The fraction of sp³-hybridized carbons (Fsp3) is 0.318. The largest absolute Gasteiger partial charge is 0.434 e. The average molecular weight is 427 g/mol. The smallest absolute Gasteiger partial charge is 0.368 e. The Morgan fingerprint density at radius 1 is 1.06 bits per heavy atom. The summed E-state index contributed by atoms with van der Waals surface area (Å²) in [6, 6.07) is 13.5. The van der Waals surface area contributed by atoms with E-state index in [1.54, 1.807) is 36.4 Å². The molecular weight excluding hydrogens is 407 g/mol. The van der Waals surface area contributed by atoms with Crippen LogP contribution in [-0.4, -0.2) is 27.4 Å². The third-order valence-electron chi connectivity index (χ3n) is 5.47. The number of halogens is 3. The molecular formula is C22H20F3N5O. The molecule has 2 heterocycles. The number of amides is 1. The molecule has 1 aliphatic rings. The summed E-state index contributed by atoms with van der Waals surface area (Å²) in [5.41, 5.74) is 0.321. The fourth-order valence-corrected chi connectivity index (χ4v) is 3.82. The highest BCUT2D eigenvalue weighted by Gasteiger charge is 2.34. The molecule has 0 spiro atoms. The first-order chi connectivity index (χ1) is 14.8. The second kappa shape index (κ2) is 8.30. The van der Waals surface area contributed by atoms with E-state index in [4.69, 9.17) is 5.26 Å². The van der Waals surface area contributed by atoms with Crippen molar-refractivity contribution >= 4 is 17.4 Å².